The highest BCUT2D eigenvalue weighted by Gasteiger charge is 2.32. The van der Waals surface area contributed by atoms with Gasteiger partial charge in [-0.15, -0.1) is 0 Å². The van der Waals surface area contributed by atoms with Crippen molar-refractivity contribution < 1.29 is 9.53 Å². The molecule has 2 heterocycles. The van der Waals surface area contributed by atoms with Crippen molar-refractivity contribution in [3.63, 3.8) is 0 Å². The Bertz CT molecular complexity index is 754. The Labute approximate surface area is 192 Å². The zero-order valence-electron chi connectivity index (χ0n) is 19.5. The molecule has 1 unspecified atom stereocenters. The molecule has 176 valence electrons. The lowest BCUT2D eigenvalue weighted by atomic mass is 10.1. The van der Waals surface area contributed by atoms with Crippen molar-refractivity contribution in [1.82, 2.24) is 20.4 Å². The zero-order valence-corrected chi connectivity index (χ0v) is 19.5. The van der Waals surface area contributed by atoms with Crippen LogP contribution in [0.4, 0.5) is 0 Å². The summed E-state index contributed by atoms with van der Waals surface area (Å²) in [6.07, 6.45) is 5.54. The molecule has 1 aliphatic carbocycles. The number of rotatable bonds is 7. The van der Waals surface area contributed by atoms with Gasteiger partial charge in [0.2, 0.25) is 5.91 Å². The highest BCUT2D eigenvalue weighted by molar-refractivity contribution is 5.81. The van der Waals surface area contributed by atoms with Gasteiger partial charge in [-0.05, 0) is 37.3 Å². The van der Waals surface area contributed by atoms with E-state index in [0.717, 1.165) is 77.7 Å². The van der Waals surface area contributed by atoms with Crippen LogP contribution in [0, 0.1) is 5.92 Å². The van der Waals surface area contributed by atoms with Crippen LogP contribution in [0.25, 0.3) is 0 Å². The Morgan fingerprint density at radius 2 is 1.78 bits per heavy atom. The van der Waals surface area contributed by atoms with E-state index < -0.39 is 0 Å². The summed E-state index contributed by atoms with van der Waals surface area (Å²) in [5.74, 6) is 1.47. The Balaban J connectivity index is 1.26. The minimum atomic E-state index is 0.266. The number of nitrogens with one attached hydrogen (secondary N) is 2. The number of aliphatic imine (C=N–C) groups is 1. The molecule has 0 aromatic heterocycles. The van der Waals surface area contributed by atoms with Crippen LogP contribution in [0.1, 0.15) is 50.2 Å². The van der Waals surface area contributed by atoms with E-state index in [1.54, 1.807) is 0 Å². The molecule has 7 heteroatoms. The monoisotopic (exact) mass is 441 g/mol. The topological polar surface area (TPSA) is 69.2 Å². The first-order valence-electron chi connectivity index (χ1n) is 12.4. The van der Waals surface area contributed by atoms with Gasteiger partial charge in [0.05, 0.1) is 19.8 Å². The quantitative estimate of drug-likeness (QED) is 0.502. The lowest BCUT2D eigenvalue weighted by Gasteiger charge is -2.26. The highest BCUT2D eigenvalue weighted by atomic mass is 16.5. The first-order chi connectivity index (χ1) is 15.7. The molecule has 0 bridgehead atoms. The van der Waals surface area contributed by atoms with Crippen LogP contribution < -0.4 is 10.6 Å². The number of carbonyl (C=O) groups is 1. The lowest BCUT2D eigenvalue weighted by Crippen LogP contribution is -2.45. The standard InChI is InChI=1S/C25H39N5O2/c1-2-26-25(28-23-11-12-30(19-23)24(31)22-5-3-4-6-22)27-17-20-7-9-21(10-8-20)18-29-13-15-32-16-14-29/h7-10,22-23H,2-6,11-19H2,1H3,(H2,26,27,28). The number of carbonyl (C=O) groups excluding carboxylic acids is 1. The summed E-state index contributed by atoms with van der Waals surface area (Å²) in [6.45, 7) is 9.86. The van der Waals surface area contributed by atoms with Crippen LogP contribution in [-0.4, -0.2) is 73.6 Å². The van der Waals surface area contributed by atoms with Crippen molar-refractivity contribution in [3.05, 3.63) is 35.4 Å². The number of amides is 1. The van der Waals surface area contributed by atoms with E-state index >= 15 is 0 Å². The van der Waals surface area contributed by atoms with E-state index in [1.165, 1.54) is 24.0 Å². The van der Waals surface area contributed by atoms with E-state index in [4.69, 9.17) is 9.73 Å². The molecule has 1 saturated carbocycles. The van der Waals surface area contributed by atoms with E-state index in [2.05, 4.69) is 51.6 Å². The molecule has 0 spiro atoms. The number of hydrogen-bond donors (Lipinski definition) is 2. The van der Waals surface area contributed by atoms with E-state index in [1.807, 2.05) is 0 Å². The molecule has 1 amide bonds. The second-order valence-corrected chi connectivity index (χ2v) is 9.30. The molecule has 7 nitrogen and oxygen atoms in total. The summed E-state index contributed by atoms with van der Waals surface area (Å²) in [4.78, 5) is 22.0. The van der Waals surface area contributed by atoms with Crippen LogP contribution >= 0.6 is 0 Å². The van der Waals surface area contributed by atoms with Gasteiger partial charge in [-0.3, -0.25) is 9.69 Å². The van der Waals surface area contributed by atoms with Crippen LogP contribution in [-0.2, 0) is 22.6 Å². The summed E-state index contributed by atoms with van der Waals surface area (Å²) < 4.78 is 5.43. The van der Waals surface area contributed by atoms with Gasteiger partial charge in [-0.1, -0.05) is 37.1 Å². The van der Waals surface area contributed by atoms with Crippen LogP contribution in [0.2, 0.25) is 0 Å². The van der Waals surface area contributed by atoms with Gasteiger partial charge >= 0.3 is 0 Å². The highest BCUT2D eigenvalue weighted by Crippen LogP contribution is 2.27. The molecule has 32 heavy (non-hydrogen) atoms. The average molecular weight is 442 g/mol. The fourth-order valence-corrected chi connectivity index (χ4v) is 4.96. The second-order valence-electron chi connectivity index (χ2n) is 9.30. The van der Waals surface area contributed by atoms with Crippen LogP contribution in [0.3, 0.4) is 0 Å². The molecule has 2 aliphatic heterocycles. The number of hydrogen-bond acceptors (Lipinski definition) is 4. The third-order valence-electron chi connectivity index (χ3n) is 6.84. The normalized spacial score (nSPS) is 23.0. The second kappa shape index (κ2) is 11.7. The van der Waals surface area contributed by atoms with Crippen molar-refractivity contribution in [2.24, 2.45) is 10.9 Å². The summed E-state index contributed by atoms with van der Waals surface area (Å²) in [6, 6.07) is 9.06. The number of guanidine groups is 1. The molecular weight excluding hydrogens is 402 g/mol. The first-order valence-corrected chi connectivity index (χ1v) is 12.4. The number of likely N-dealkylation sites (tertiary alicyclic amines) is 1. The number of ether oxygens (including phenoxy) is 1. The third kappa shape index (κ3) is 6.45. The predicted molar refractivity (Wildman–Crippen MR) is 127 cm³/mol. The maximum Gasteiger partial charge on any atom is 0.225 e. The first kappa shape index (κ1) is 23.1. The minimum absolute atomic E-state index is 0.266. The molecule has 2 N–H and O–H groups in total. The Morgan fingerprint density at radius 1 is 1.06 bits per heavy atom. The molecule has 4 rings (SSSR count). The molecule has 1 aromatic carbocycles. The molecule has 0 radical (unpaired) electrons. The van der Waals surface area contributed by atoms with Crippen molar-refractivity contribution in [2.75, 3.05) is 45.9 Å². The average Bonchev–Trinajstić information content (AvgIpc) is 3.52. The number of nitrogens with zero attached hydrogens (tertiary/aromatic N) is 3. The lowest BCUT2D eigenvalue weighted by molar-refractivity contribution is -0.134. The van der Waals surface area contributed by atoms with Crippen molar-refractivity contribution in [2.45, 2.75) is 58.2 Å². The third-order valence-corrected chi connectivity index (χ3v) is 6.84. The van der Waals surface area contributed by atoms with Gasteiger partial charge in [0.25, 0.3) is 0 Å². The summed E-state index contributed by atoms with van der Waals surface area (Å²) in [5.41, 5.74) is 2.54. The van der Waals surface area contributed by atoms with E-state index in [9.17, 15) is 4.79 Å². The van der Waals surface area contributed by atoms with Crippen molar-refractivity contribution >= 4 is 11.9 Å². The smallest absolute Gasteiger partial charge is 0.225 e. The summed E-state index contributed by atoms with van der Waals surface area (Å²) >= 11 is 0. The van der Waals surface area contributed by atoms with E-state index in [-0.39, 0.29) is 12.0 Å². The van der Waals surface area contributed by atoms with Gasteiger partial charge in [-0.25, -0.2) is 4.99 Å². The summed E-state index contributed by atoms with van der Waals surface area (Å²) in [5, 5.41) is 6.92. The Morgan fingerprint density at radius 3 is 2.50 bits per heavy atom. The zero-order chi connectivity index (χ0) is 22.2. The number of benzene rings is 1. The van der Waals surface area contributed by atoms with Crippen LogP contribution in [0.5, 0.6) is 0 Å². The summed E-state index contributed by atoms with van der Waals surface area (Å²) in [7, 11) is 0. The Kier molecular flexibility index (Phi) is 8.40. The van der Waals surface area contributed by atoms with E-state index in [0.29, 0.717) is 12.5 Å². The largest absolute Gasteiger partial charge is 0.379 e. The van der Waals surface area contributed by atoms with Crippen LogP contribution in [0.15, 0.2) is 29.3 Å². The maximum absolute atomic E-state index is 12.7. The molecule has 1 atom stereocenters. The fraction of sp³-hybridized carbons (Fsp3) is 0.680. The maximum atomic E-state index is 12.7. The Hall–Kier alpha value is -2.12. The molecule has 1 aromatic rings. The molecule has 3 aliphatic rings. The van der Waals surface area contributed by atoms with Gasteiger partial charge < -0.3 is 20.3 Å². The predicted octanol–water partition coefficient (Wildman–Crippen LogP) is 2.37. The SMILES string of the molecule is CCNC(=NCc1ccc(CN2CCOCC2)cc1)NC1CCN(C(=O)C2CCCC2)C1. The van der Waals surface area contributed by atoms with Crippen molar-refractivity contribution in [3.8, 4) is 0 Å². The van der Waals surface area contributed by atoms with Crippen molar-refractivity contribution in [1.29, 1.82) is 0 Å². The molecule has 2 saturated heterocycles. The van der Waals surface area contributed by atoms with Gasteiger partial charge in [-0.2, -0.15) is 0 Å². The molecular formula is C25H39N5O2. The van der Waals surface area contributed by atoms with Gasteiger partial charge in [0.1, 0.15) is 0 Å². The minimum Gasteiger partial charge on any atom is -0.379 e. The van der Waals surface area contributed by atoms with Gasteiger partial charge in [0, 0.05) is 51.2 Å². The molecule has 3 fully saturated rings. The number of morpholine rings is 1. The fourth-order valence-electron chi connectivity index (χ4n) is 4.96. The van der Waals surface area contributed by atoms with Gasteiger partial charge in [0.15, 0.2) is 5.96 Å².